The normalized spacial score (nSPS) is 14.9. The standard InChI is InChI=1S/C11H22O4/c1-3-4-5-6-7-8-15-9-11(2,14)10(12)13/h14H,3-9H2,1-2H3,(H,12,13). The average molecular weight is 218 g/mol. The lowest BCUT2D eigenvalue weighted by molar-refractivity contribution is -0.162. The second-order valence-corrected chi connectivity index (χ2v) is 4.05. The Balaban J connectivity index is 3.35. The minimum Gasteiger partial charge on any atom is -0.479 e. The number of ether oxygens (including phenoxy) is 1. The highest BCUT2D eigenvalue weighted by atomic mass is 16.5. The molecule has 4 nitrogen and oxygen atoms in total. The highest BCUT2D eigenvalue weighted by Gasteiger charge is 2.29. The van der Waals surface area contributed by atoms with Gasteiger partial charge in [0, 0.05) is 6.61 Å². The van der Waals surface area contributed by atoms with Gasteiger partial charge in [-0.15, -0.1) is 0 Å². The Labute approximate surface area is 91.3 Å². The van der Waals surface area contributed by atoms with Crippen LogP contribution in [0.5, 0.6) is 0 Å². The van der Waals surface area contributed by atoms with Gasteiger partial charge in [0.05, 0.1) is 6.61 Å². The molecule has 0 spiro atoms. The van der Waals surface area contributed by atoms with Crippen molar-refractivity contribution >= 4 is 5.97 Å². The molecule has 0 fully saturated rings. The van der Waals surface area contributed by atoms with Gasteiger partial charge in [0.1, 0.15) is 0 Å². The van der Waals surface area contributed by atoms with E-state index in [0.29, 0.717) is 6.61 Å². The molecule has 0 aliphatic heterocycles. The maximum Gasteiger partial charge on any atom is 0.337 e. The van der Waals surface area contributed by atoms with Gasteiger partial charge in [-0.2, -0.15) is 0 Å². The molecule has 90 valence electrons. The molecule has 1 atom stereocenters. The van der Waals surface area contributed by atoms with Gasteiger partial charge >= 0.3 is 5.97 Å². The molecule has 1 unspecified atom stereocenters. The van der Waals surface area contributed by atoms with Crippen LogP contribution in [0.4, 0.5) is 0 Å². The third kappa shape index (κ3) is 7.33. The van der Waals surface area contributed by atoms with Crippen LogP contribution in [0.3, 0.4) is 0 Å². The van der Waals surface area contributed by atoms with E-state index in [1.807, 2.05) is 0 Å². The molecule has 0 aliphatic rings. The molecule has 4 heteroatoms. The molecular weight excluding hydrogens is 196 g/mol. The van der Waals surface area contributed by atoms with Crippen molar-refractivity contribution in [2.45, 2.75) is 51.6 Å². The SMILES string of the molecule is CCCCCCCOCC(C)(O)C(=O)O. The summed E-state index contributed by atoms with van der Waals surface area (Å²) in [6, 6.07) is 0. The minimum absolute atomic E-state index is 0.143. The second-order valence-electron chi connectivity index (χ2n) is 4.05. The Hall–Kier alpha value is -0.610. The van der Waals surface area contributed by atoms with Crippen molar-refractivity contribution in [1.29, 1.82) is 0 Å². The van der Waals surface area contributed by atoms with Gasteiger partial charge in [-0.1, -0.05) is 32.6 Å². The lowest BCUT2D eigenvalue weighted by atomic mass is 10.1. The molecular formula is C11H22O4. The fourth-order valence-corrected chi connectivity index (χ4v) is 1.14. The fourth-order valence-electron chi connectivity index (χ4n) is 1.14. The first kappa shape index (κ1) is 14.4. The summed E-state index contributed by atoms with van der Waals surface area (Å²) in [5.41, 5.74) is -1.76. The van der Waals surface area contributed by atoms with Gasteiger partial charge < -0.3 is 14.9 Å². The van der Waals surface area contributed by atoms with E-state index in [-0.39, 0.29) is 6.61 Å². The fraction of sp³-hybridized carbons (Fsp3) is 0.909. The predicted octanol–water partition coefficient (Wildman–Crippen LogP) is 1.81. The van der Waals surface area contributed by atoms with Crippen molar-refractivity contribution in [3.05, 3.63) is 0 Å². The zero-order chi connectivity index (χ0) is 11.7. The number of hydrogen-bond acceptors (Lipinski definition) is 3. The van der Waals surface area contributed by atoms with Gasteiger partial charge in [-0.25, -0.2) is 4.79 Å². The van der Waals surface area contributed by atoms with Crippen molar-refractivity contribution in [1.82, 2.24) is 0 Å². The van der Waals surface area contributed by atoms with Crippen LogP contribution in [0.2, 0.25) is 0 Å². The number of carboxylic acid groups (broad SMARTS) is 1. The molecule has 0 aromatic carbocycles. The van der Waals surface area contributed by atoms with Crippen LogP contribution in [-0.2, 0) is 9.53 Å². The highest BCUT2D eigenvalue weighted by molar-refractivity contribution is 5.76. The van der Waals surface area contributed by atoms with Crippen LogP contribution in [0.1, 0.15) is 46.0 Å². The third-order valence-corrected chi connectivity index (χ3v) is 2.24. The van der Waals surface area contributed by atoms with Crippen molar-refractivity contribution in [2.24, 2.45) is 0 Å². The van der Waals surface area contributed by atoms with Gasteiger partial charge in [0.2, 0.25) is 0 Å². The summed E-state index contributed by atoms with van der Waals surface area (Å²) < 4.78 is 5.11. The molecule has 0 aromatic heterocycles. The van der Waals surface area contributed by atoms with Crippen LogP contribution in [0, 0.1) is 0 Å². The molecule has 0 saturated carbocycles. The maximum absolute atomic E-state index is 10.5. The first-order chi connectivity index (χ1) is 7.00. The van der Waals surface area contributed by atoms with Crippen LogP contribution in [0.25, 0.3) is 0 Å². The summed E-state index contributed by atoms with van der Waals surface area (Å²) in [7, 11) is 0. The van der Waals surface area contributed by atoms with Crippen molar-refractivity contribution in [2.75, 3.05) is 13.2 Å². The minimum atomic E-state index is -1.76. The molecule has 0 rings (SSSR count). The lowest BCUT2D eigenvalue weighted by Crippen LogP contribution is -2.39. The zero-order valence-electron chi connectivity index (χ0n) is 9.66. The monoisotopic (exact) mass is 218 g/mol. The van der Waals surface area contributed by atoms with E-state index in [1.54, 1.807) is 0 Å². The molecule has 15 heavy (non-hydrogen) atoms. The van der Waals surface area contributed by atoms with Crippen molar-refractivity contribution in [3.8, 4) is 0 Å². The quantitative estimate of drug-likeness (QED) is 0.579. The Morgan fingerprint density at radius 1 is 1.27 bits per heavy atom. The third-order valence-electron chi connectivity index (χ3n) is 2.24. The summed E-state index contributed by atoms with van der Waals surface area (Å²) in [4.78, 5) is 10.5. The smallest absolute Gasteiger partial charge is 0.337 e. The first-order valence-corrected chi connectivity index (χ1v) is 5.54. The maximum atomic E-state index is 10.5. The van der Waals surface area contributed by atoms with Crippen molar-refractivity contribution < 1.29 is 19.7 Å². The van der Waals surface area contributed by atoms with E-state index < -0.39 is 11.6 Å². The Morgan fingerprint density at radius 3 is 2.40 bits per heavy atom. The van der Waals surface area contributed by atoms with Gasteiger partial charge in [-0.3, -0.25) is 0 Å². The summed E-state index contributed by atoms with van der Waals surface area (Å²) in [6.07, 6.45) is 5.65. The lowest BCUT2D eigenvalue weighted by Gasteiger charge is -2.17. The number of aliphatic hydroxyl groups is 1. The Morgan fingerprint density at radius 2 is 1.87 bits per heavy atom. The van der Waals surface area contributed by atoms with Gasteiger partial charge in [0.25, 0.3) is 0 Å². The zero-order valence-corrected chi connectivity index (χ0v) is 9.66. The van der Waals surface area contributed by atoms with E-state index >= 15 is 0 Å². The van der Waals surface area contributed by atoms with Crippen LogP contribution in [-0.4, -0.2) is 35.0 Å². The van der Waals surface area contributed by atoms with Gasteiger partial charge in [-0.05, 0) is 13.3 Å². The Bertz CT molecular complexity index is 177. The highest BCUT2D eigenvalue weighted by Crippen LogP contribution is 2.06. The molecule has 0 amide bonds. The summed E-state index contributed by atoms with van der Waals surface area (Å²) in [5.74, 6) is -1.24. The van der Waals surface area contributed by atoms with Crippen LogP contribution in [0.15, 0.2) is 0 Å². The van der Waals surface area contributed by atoms with Gasteiger partial charge in [0.15, 0.2) is 5.60 Å². The van der Waals surface area contributed by atoms with E-state index in [1.165, 1.54) is 26.2 Å². The van der Waals surface area contributed by atoms with E-state index in [4.69, 9.17) is 9.84 Å². The van der Waals surface area contributed by atoms with E-state index in [0.717, 1.165) is 12.8 Å². The number of carboxylic acids is 1. The number of aliphatic carboxylic acids is 1. The molecule has 2 N–H and O–H groups in total. The number of hydrogen-bond donors (Lipinski definition) is 2. The van der Waals surface area contributed by atoms with Crippen LogP contribution < -0.4 is 0 Å². The number of carbonyl (C=O) groups is 1. The summed E-state index contributed by atoms with van der Waals surface area (Å²) >= 11 is 0. The first-order valence-electron chi connectivity index (χ1n) is 5.54. The Kier molecular flexibility index (Phi) is 7.34. The van der Waals surface area contributed by atoms with E-state index in [2.05, 4.69) is 6.92 Å². The van der Waals surface area contributed by atoms with Crippen LogP contribution >= 0.6 is 0 Å². The largest absolute Gasteiger partial charge is 0.479 e. The average Bonchev–Trinajstić information content (AvgIpc) is 2.16. The predicted molar refractivity (Wildman–Crippen MR) is 57.8 cm³/mol. The molecule has 0 aromatic rings. The molecule has 0 saturated heterocycles. The molecule has 0 bridgehead atoms. The van der Waals surface area contributed by atoms with Crippen molar-refractivity contribution in [3.63, 3.8) is 0 Å². The summed E-state index contributed by atoms with van der Waals surface area (Å²) in [5, 5.41) is 17.9. The number of rotatable bonds is 9. The van der Waals surface area contributed by atoms with E-state index in [9.17, 15) is 9.90 Å². The molecule has 0 aliphatic carbocycles. The molecule has 0 radical (unpaired) electrons. The molecule has 0 heterocycles. The second kappa shape index (κ2) is 7.65. The number of unbranched alkanes of at least 4 members (excludes halogenated alkanes) is 4. The topological polar surface area (TPSA) is 66.8 Å². The summed E-state index contributed by atoms with van der Waals surface area (Å²) in [6.45, 7) is 3.77.